The van der Waals surface area contributed by atoms with Crippen LogP contribution in [0.1, 0.15) is 18.9 Å². The summed E-state index contributed by atoms with van der Waals surface area (Å²) in [5.41, 5.74) is 1.27. The largest absolute Gasteiger partial charge is 0.300 e. The smallest absolute Gasteiger partial charge is 0.182 e. The molecule has 96 valence electrons. The number of hydrogen-bond donors (Lipinski definition) is 1. The molecule has 1 unspecified atom stereocenters. The van der Waals surface area contributed by atoms with Crippen molar-refractivity contribution in [3.05, 3.63) is 39.9 Å². The van der Waals surface area contributed by atoms with Crippen molar-refractivity contribution in [3.8, 4) is 0 Å². The highest BCUT2D eigenvalue weighted by atomic mass is 16.3. The molecule has 0 saturated heterocycles. The van der Waals surface area contributed by atoms with Crippen molar-refractivity contribution in [2.45, 2.75) is 19.0 Å². The number of carbonyl (C=O) groups is 1. The molecule has 18 heavy (non-hydrogen) atoms. The first kappa shape index (κ1) is 13.7. The van der Waals surface area contributed by atoms with Crippen LogP contribution in [0.3, 0.4) is 0 Å². The van der Waals surface area contributed by atoms with Crippen LogP contribution in [0.25, 0.3) is 0 Å². The summed E-state index contributed by atoms with van der Waals surface area (Å²) in [5.74, 6) is -0.231. The molecule has 1 aromatic heterocycles. The van der Waals surface area contributed by atoms with Gasteiger partial charge in [-0.25, -0.2) is 10.4 Å². The second kappa shape index (κ2) is 5.80. The van der Waals surface area contributed by atoms with Crippen molar-refractivity contribution in [2.24, 2.45) is 10.6 Å². The van der Waals surface area contributed by atoms with Crippen LogP contribution in [0.5, 0.6) is 0 Å². The number of hydrogen-bond acceptors (Lipinski definition) is 6. The number of ketones is 1. The minimum Gasteiger partial charge on any atom is -0.300 e. The Bertz CT molecular complexity index is 438. The molecule has 0 amide bonds. The molecular formula is C10H13N5O3. The third-order valence-electron chi connectivity index (χ3n) is 2.55. The van der Waals surface area contributed by atoms with Crippen LogP contribution in [0, 0.1) is 9.81 Å². The van der Waals surface area contributed by atoms with E-state index < -0.39 is 5.66 Å². The van der Waals surface area contributed by atoms with Gasteiger partial charge in [0.05, 0.1) is 17.0 Å². The third kappa shape index (κ3) is 2.65. The highest BCUT2D eigenvalue weighted by molar-refractivity contribution is 5.77. The highest BCUT2D eigenvalue weighted by Gasteiger charge is 2.39. The third-order valence-corrected chi connectivity index (χ3v) is 2.55. The molecule has 0 aliphatic heterocycles. The zero-order valence-corrected chi connectivity index (χ0v) is 10.0. The van der Waals surface area contributed by atoms with Gasteiger partial charge in [-0.3, -0.25) is 9.78 Å². The first-order chi connectivity index (χ1) is 8.56. The molecule has 0 aliphatic rings. The number of rotatable bonds is 7. The summed E-state index contributed by atoms with van der Waals surface area (Å²) in [5, 5.41) is 6.27. The van der Waals surface area contributed by atoms with Crippen molar-refractivity contribution >= 4 is 5.78 Å². The van der Waals surface area contributed by atoms with Crippen LogP contribution in [-0.4, -0.2) is 22.8 Å². The van der Waals surface area contributed by atoms with Crippen LogP contribution >= 0.6 is 0 Å². The lowest BCUT2D eigenvalue weighted by atomic mass is 9.95. The van der Waals surface area contributed by atoms with Gasteiger partial charge in [0.2, 0.25) is 0 Å². The Morgan fingerprint density at radius 1 is 1.56 bits per heavy atom. The van der Waals surface area contributed by atoms with Crippen LogP contribution < -0.4 is 5.43 Å². The summed E-state index contributed by atoms with van der Waals surface area (Å²) in [4.78, 5) is 36.5. The molecule has 0 spiro atoms. The van der Waals surface area contributed by atoms with Gasteiger partial charge in [-0.1, -0.05) is 6.07 Å². The van der Waals surface area contributed by atoms with E-state index in [4.69, 9.17) is 0 Å². The van der Waals surface area contributed by atoms with E-state index in [1.165, 1.54) is 26.4 Å². The van der Waals surface area contributed by atoms with Crippen molar-refractivity contribution in [1.82, 2.24) is 15.4 Å². The zero-order valence-electron chi connectivity index (χ0n) is 10.0. The predicted molar refractivity (Wildman–Crippen MR) is 63.7 cm³/mol. The van der Waals surface area contributed by atoms with Gasteiger partial charge >= 0.3 is 0 Å². The van der Waals surface area contributed by atoms with Crippen molar-refractivity contribution in [1.29, 1.82) is 0 Å². The number of nitroso groups, excluding NO2 is 2. The Morgan fingerprint density at radius 2 is 2.28 bits per heavy atom. The van der Waals surface area contributed by atoms with Gasteiger partial charge < -0.3 is 0 Å². The van der Waals surface area contributed by atoms with Crippen molar-refractivity contribution in [2.75, 3.05) is 7.05 Å². The number of nitrogens with zero attached hydrogens (tertiary/aromatic N) is 4. The fourth-order valence-electron chi connectivity index (χ4n) is 1.69. The van der Waals surface area contributed by atoms with E-state index in [1.807, 2.05) is 0 Å². The summed E-state index contributed by atoms with van der Waals surface area (Å²) in [6.45, 7) is 1.34. The molecule has 0 aromatic carbocycles. The topological polar surface area (TPSA) is 104 Å². The zero-order chi connectivity index (χ0) is 13.6. The predicted octanol–water partition coefficient (Wildman–Crippen LogP) is 1.10. The Labute approximate surface area is 103 Å². The van der Waals surface area contributed by atoms with Gasteiger partial charge in [0.1, 0.15) is 5.78 Å². The van der Waals surface area contributed by atoms with Gasteiger partial charge in [-0.15, -0.1) is 9.81 Å². The Morgan fingerprint density at radius 3 is 2.72 bits per heavy atom. The highest BCUT2D eigenvalue weighted by Crippen LogP contribution is 2.28. The number of carbonyl (C=O) groups excluding carboxylic acids is 1. The molecule has 1 rings (SSSR count). The monoisotopic (exact) mass is 251 g/mol. The van der Waals surface area contributed by atoms with E-state index in [9.17, 15) is 14.6 Å². The lowest BCUT2D eigenvalue weighted by Crippen LogP contribution is -2.51. The number of Topliss-reactive ketones (excluding diaryl/α,β-unsaturated/α-hetero) is 1. The molecule has 0 aliphatic carbocycles. The van der Waals surface area contributed by atoms with Gasteiger partial charge in [0.15, 0.2) is 5.66 Å². The van der Waals surface area contributed by atoms with Crippen molar-refractivity contribution in [3.63, 3.8) is 0 Å². The van der Waals surface area contributed by atoms with E-state index >= 15 is 0 Å². The van der Waals surface area contributed by atoms with Crippen LogP contribution in [0.2, 0.25) is 0 Å². The molecule has 1 aromatic rings. The standard InChI is InChI=1S/C10H13N5O3/c1-8(16)6-10(12-13-17,15(2)14-18)9-4-3-5-11-7-9/h3-5,7H,6H2,1-2H3,(H,12,17). The first-order valence-corrected chi connectivity index (χ1v) is 5.13. The van der Waals surface area contributed by atoms with Gasteiger partial charge in [0.25, 0.3) is 0 Å². The Kier molecular flexibility index (Phi) is 4.41. The summed E-state index contributed by atoms with van der Waals surface area (Å²) in [7, 11) is 1.35. The average Bonchev–Trinajstić information content (AvgIpc) is 2.37. The van der Waals surface area contributed by atoms with E-state index in [2.05, 4.69) is 21.0 Å². The normalized spacial score (nSPS) is 13.2. The maximum absolute atomic E-state index is 11.4. The molecule has 8 nitrogen and oxygen atoms in total. The Hall–Kier alpha value is -2.38. The summed E-state index contributed by atoms with van der Waals surface area (Å²) < 4.78 is 0. The van der Waals surface area contributed by atoms with E-state index in [1.54, 1.807) is 12.1 Å². The molecule has 8 heteroatoms. The summed E-state index contributed by atoms with van der Waals surface area (Å²) >= 11 is 0. The second-order valence-electron chi connectivity index (χ2n) is 3.79. The number of nitrogens with one attached hydrogen (secondary N) is 1. The maximum Gasteiger partial charge on any atom is 0.182 e. The van der Waals surface area contributed by atoms with E-state index in [-0.39, 0.29) is 12.2 Å². The minimum atomic E-state index is -1.41. The maximum atomic E-state index is 11.4. The van der Waals surface area contributed by atoms with Crippen LogP contribution in [0.4, 0.5) is 0 Å². The molecule has 0 radical (unpaired) electrons. The lowest BCUT2D eigenvalue weighted by Gasteiger charge is -2.35. The minimum absolute atomic E-state index is 0.146. The molecule has 1 atom stereocenters. The van der Waals surface area contributed by atoms with Gasteiger partial charge in [-0.2, -0.15) is 0 Å². The summed E-state index contributed by atoms with van der Waals surface area (Å²) in [6.07, 6.45) is 2.82. The van der Waals surface area contributed by atoms with Crippen LogP contribution in [0.15, 0.2) is 35.1 Å². The number of aromatic nitrogens is 1. The molecule has 0 saturated carbocycles. The second-order valence-corrected chi connectivity index (χ2v) is 3.79. The van der Waals surface area contributed by atoms with Gasteiger partial charge in [-0.05, 0) is 13.0 Å². The van der Waals surface area contributed by atoms with Gasteiger partial charge in [0, 0.05) is 25.0 Å². The lowest BCUT2D eigenvalue weighted by molar-refractivity contribution is -0.121. The molecule has 1 N–H and O–H groups in total. The quantitative estimate of drug-likeness (QED) is 0.442. The van der Waals surface area contributed by atoms with E-state index in [0.29, 0.717) is 5.56 Å². The number of pyridine rings is 1. The summed E-state index contributed by atoms with van der Waals surface area (Å²) in [6, 6.07) is 3.24. The average molecular weight is 251 g/mol. The van der Waals surface area contributed by atoms with Crippen molar-refractivity contribution < 1.29 is 4.79 Å². The molecular weight excluding hydrogens is 238 g/mol. The molecule has 1 heterocycles. The SMILES string of the molecule is CC(=O)CC(NN=O)(c1cccnc1)N(C)N=O. The van der Waals surface area contributed by atoms with E-state index in [0.717, 1.165) is 5.01 Å². The molecule has 0 bridgehead atoms. The molecule has 0 fully saturated rings. The Balaban J connectivity index is 3.31. The van der Waals surface area contributed by atoms with Crippen LogP contribution in [-0.2, 0) is 10.5 Å². The first-order valence-electron chi connectivity index (χ1n) is 5.13. The fourth-order valence-corrected chi connectivity index (χ4v) is 1.69. The fraction of sp³-hybridized carbons (Fsp3) is 0.400.